The van der Waals surface area contributed by atoms with Crippen molar-refractivity contribution in [3.8, 4) is 0 Å². The molecule has 16 heavy (non-hydrogen) atoms. The predicted molar refractivity (Wildman–Crippen MR) is 58.1 cm³/mol. The van der Waals surface area contributed by atoms with Crippen molar-refractivity contribution < 1.29 is 17.9 Å². The molecule has 0 aromatic rings. The first-order chi connectivity index (χ1) is 7.04. The molecule has 98 valence electrons. The van der Waals surface area contributed by atoms with Crippen molar-refractivity contribution in [3.05, 3.63) is 0 Å². The molecule has 2 N–H and O–H groups in total. The molecule has 0 aromatic heterocycles. The molecule has 0 aliphatic carbocycles. The lowest BCUT2D eigenvalue weighted by atomic mass is 9.85. The molecule has 0 radical (unpaired) electrons. The van der Waals surface area contributed by atoms with Gasteiger partial charge in [0.05, 0.1) is 6.10 Å². The fraction of sp³-hybridized carbons (Fsp3) is 1.00. The zero-order valence-electron chi connectivity index (χ0n) is 10.4. The van der Waals surface area contributed by atoms with Gasteiger partial charge in [-0.25, -0.2) is 0 Å². The van der Waals surface area contributed by atoms with Crippen LogP contribution in [0.2, 0.25) is 0 Å². The van der Waals surface area contributed by atoms with Gasteiger partial charge in [-0.2, -0.15) is 13.2 Å². The average Bonchev–Trinajstić information content (AvgIpc) is 1.97. The highest BCUT2D eigenvalue weighted by Crippen LogP contribution is 2.26. The number of rotatable bonds is 5. The lowest BCUT2D eigenvalue weighted by Crippen LogP contribution is -2.43. The average molecular weight is 241 g/mol. The van der Waals surface area contributed by atoms with Crippen LogP contribution in [0.5, 0.6) is 0 Å². The second-order valence-electron chi connectivity index (χ2n) is 5.24. The van der Waals surface area contributed by atoms with Gasteiger partial charge in [-0.05, 0) is 18.8 Å². The van der Waals surface area contributed by atoms with Crippen molar-refractivity contribution in [1.29, 1.82) is 0 Å². The van der Waals surface area contributed by atoms with Crippen molar-refractivity contribution in [2.75, 3.05) is 6.61 Å². The lowest BCUT2D eigenvalue weighted by molar-refractivity contribution is -0.140. The molecule has 0 aromatic carbocycles. The maximum Gasteiger partial charge on any atom is 0.389 e. The Kier molecular flexibility index (Phi) is 5.76. The molecule has 0 saturated heterocycles. The second-order valence-corrected chi connectivity index (χ2v) is 5.24. The highest BCUT2D eigenvalue weighted by Gasteiger charge is 2.30. The van der Waals surface area contributed by atoms with Crippen LogP contribution in [0.3, 0.4) is 0 Å². The van der Waals surface area contributed by atoms with Crippen LogP contribution in [0, 0.1) is 5.41 Å². The Morgan fingerprint density at radius 2 is 1.69 bits per heavy atom. The van der Waals surface area contributed by atoms with Crippen molar-refractivity contribution >= 4 is 0 Å². The Morgan fingerprint density at radius 3 is 2.00 bits per heavy atom. The molecule has 0 heterocycles. The van der Waals surface area contributed by atoms with Crippen LogP contribution < -0.4 is 5.73 Å². The van der Waals surface area contributed by atoms with Gasteiger partial charge in [0.2, 0.25) is 0 Å². The number of ether oxygens (including phenoxy) is 1. The first-order valence-corrected chi connectivity index (χ1v) is 5.48. The summed E-state index contributed by atoms with van der Waals surface area (Å²) in [6, 6.07) is -0.189. The molecule has 0 fully saturated rings. The fourth-order valence-corrected chi connectivity index (χ4v) is 1.67. The number of nitrogens with two attached hydrogens (primary N) is 1. The molecule has 0 rings (SSSR count). The third kappa shape index (κ3) is 7.06. The number of hydrogen-bond acceptors (Lipinski definition) is 2. The summed E-state index contributed by atoms with van der Waals surface area (Å²) in [6.45, 7) is 7.79. The minimum atomic E-state index is -4.10. The van der Waals surface area contributed by atoms with E-state index in [9.17, 15) is 13.2 Å². The highest BCUT2D eigenvalue weighted by atomic mass is 19.4. The summed E-state index contributed by atoms with van der Waals surface area (Å²) in [7, 11) is 0. The molecule has 2 atom stereocenters. The first kappa shape index (κ1) is 15.7. The standard InChI is InChI=1S/C11H22F3NO/c1-8(15)9(10(2,3)4)16-7-5-6-11(12,13)14/h8-9H,5-7,15H2,1-4H3. The van der Waals surface area contributed by atoms with Crippen LogP contribution >= 0.6 is 0 Å². The molecule has 0 aliphatic heterocycles. The molecule has 2 unspecified atom stereocenters. The van der Waals surface area contributed by atoms with Gasteiger partial charge >= 0.3 is 6.18 Å². The summed E-state index contributed by atoms with van der Waals surface area (Å²) >= 11 is 0. The van der Waals surface area contributed by atoms with Crippen LogP contribution in [0.25, 0.3) is 0 Å². The Bertz CT molecular complexity index is 196. The Balaban J connectivity index is 3.97. The monoisotopic (exact) mass is 241 g/mol. The van der Waals surface area contributed by atoms with E-state index < -0.39 is 12.6 Å². The fourth-order valence-electron chi connectivity index (χ4n) is 1.67. The van der Waals surface area contributed by atoms with Gasteiger partial charge in [0, 0.05) is 19.1 Å². The molecule has 0 saturated carbocycles. The van der Waals surface area contributed by atoms with Crippen LogP contribution in [0.15, 0.2) is 0 Å². The van der Waals surface area contributed by atoms with Gasteiger partial charge in [-0.15, -0.1) is 0 Å². The predicted octanol–water partition coefficient (Wildman–Crippen LogP) is 3.11. The van der Waals surface area contributed by atoms with E-state index in [1.54, 1.807) is 6.92 Å². The Hall–Kier alpha value is -0.290. The minimum absolute atomic E-state index is 0.0111. The summed E-state index contributed by atoms with van der Waals surface area (Å²) in [5, 5.41) is 0. The third-order valence-corrected chi connectivity index (χ3v) is 2.23. The van der Waals surface area contributed by atoms with E-state index >= 15 is 0 Å². The summed E-state index contributed by atoms with van der Waals surface area (Å²) in [5.74, 6) is 0. The summed E-state index contributed by atoms with van der Waals surface area (Å²) in [4.78, 5) is 0. The van der Waals surface area contributed by atoms with E-state index in [0.717, 1.165) is 0 Å². The van der Waals surface area contributed by atoms with E-state index in [-0.39, 0.29) is 30.6 Å². The molecular formula is C11H22F3NO. The normalized spacial score (nSPS) is 17.2. The summed E-state index contributed by atoms with van der Waals surface area (Å²) < 4.78 is 41.1. The Labute approximate surface area is 95.3 Å². The van der Waals surface area contributed by atoms with Gasteiger partial charge in [-0.1, -0.05) is 20.8 Å². The smallest absolute Gasteiger partial charge is 0.376 e. The van der Waals surface area contributed by atoms with Crippen molar-refractivity contribution in [1.82, 2.24) is 0 Å². The minimum Gasteiger partial charge on any atom is -0.376 e. The van der Waals surface area contributed by atoms with Gasteiger partial charge in [0.25, 0.3) is 0 Å². The van der Waals surface area contributed by atoms with Crippen LogP contribution in [0.4, 0.5) is 13.2 Å². The molecule has 0 bridgehead atoms. The van der Waals surface area contributed by atoms with Gasteiger partial charge in [0.1, 0.15) is 0 Å². The van der Waals surface area contributed by atoms with Crippen LogP contribution in [-0.2, 0) is 4.74 Å². The molecule has 5 heteroatoms. The third-order valence-electron chi connectivity index (χ3n) is 2.23. The van der Waals surface area contributed by atoms with E-state index in [0.29, 0.717) is 0 Å². The van der Waals surface area contributed by atoms with E-state index in [1.807, 2.05) is 20.8 Å². The van der Waals surface area contributed by atoms with Crippen LogP contribution in [0.1, 0.15) is 40.5 Å². The molecular weight excluding hydrogens is 219 g/mol. The zero-order valence-corrected chi connectivity index (χ0v) is 10.4. The van der Waals surface area contributed by atoms with Crippen molar-refractivity contribution in [2.24, 2.45) is 11.1 Å². The van der Waals surface area contributed by atoms with Crippen molar-refractivity contribution in [2.45, 2.75) is 58.9 Å². The summed E-state index contributed by atoms with van der Waals surface area (Å²) in [5.41, 5.74) is 5.58. The maximum atomic E-state index is 11.9. The highest BCUT2D eigenvalue weighted by molar-refractivity contribution is 4.81. The SMILES string of the molecule is CC(N)C(OCCCC(F)(F)F)C(C)(C)C. The van der Waals surface area contributed by atoms with Crippen LogP contribution in [-0.4, -0.2) is 24.9 Å². The summed E-state index contributed by atoms with van der Waals surface area (Å²) in [6.07, 6.45) is -5.14. The van der Waals surface area contributed by atoms with Gasteiger partial charge < -0.3 is 10.5 Å². The first-order valence-electron chi connectivity index (χ1n) is 5.48. The van der Waals surface area contributed by atoms with E-state index in [4.69, 9.17) is 10.5 Å². The number of alkyl halides is 3. The zero-order chi connectivity index (χ0) is 13.0. The largest absolute Gasteiger partial charge is 0.389 e. The van der Waals surface area contributed by atoms with Gasteiger partial charge in [0.15, 0.2) is 0 Å². The molecule has 0 amide bonds. The second kappa shape index (κ2) is 5.87. The maximum absolute atomic E-state index is 11.9. The molecule has 2 nitrogen and oxygen atoms in total. The van der Waals surface area contributed by atoms with E-state index in [1.165, 1.54) is 0 Å². The lowest BCUT2D eigenvalue weighted by Gasteiger charge is -2.33. The van der Waals surface area contributed by atoms with Gasteiger partial charge in [-0.3, -0.25) is 0 Å². The topological polar surface area (TPSA) is 35.2 Å². The van der Waals surface area contributed by atoms with E-state index in [2.05, 4.69) is 0 Å². The van der Waals surface area contributed by atoms with Crippen molar-refractivity contribution in [3.63, 3.8) is 0 Å². The molecule has 0 spiro atoms. The quantitative estimate of drug-likeness (QED) is 0.751. The molecule has 0 aliphatic rings. The Morgan fingerprint density at radius 1 is 1.19 bits per heavy atom. The number of halogens is 3. The number of hydrogen-bond donors (Lipinski definition) is 1.